The monoisotopic (exact) mass is 1480 g/mol. The van der Waals surface area contributed by atoms with Crippen molar-refractivity contribution in [2.45, 2.75) is 169 Å². The van der Waals surface area contributed by atoms with E-state index in [1.165, 1.54) is 30.0 Å². The topological polar surface area (TPSA) is 325 Å². The van der Waals surface area contributed by atoms with Crippen molar-refractivity contribution in [3.05, 3.63) is 88.7 Å². The minimum absolute atomic E-state index is 0. The molecule has 3 unspecified atom stereocenters. The zero-order chi connectivity index (χ0) is 73.0. The first kappa shape index (κ1) is 90.4. The van der Waals surface area contributed by atoms with E-state index in [9.17, 15) is 62.4 Å². The number of rotatable bonds is 42. The molecule has 28 heteroatoms. The molecule has 1 heterocycles. The van der Waals surface area contributed by atoms with Crippen LogP contribution in [0, 0.1) is 64.5 Å². The number of ether oxygens (including phenoxy) is 4. The summed E-state index contributed by atoms with van der Waals surface area (Å²) in [6, 6.07) is 13.8. The molecule has 7 rings (SSSR count). The summed E-state index contributed by atoms with van der Waals surface area (Å²) < 4.78 is 139. The number of hydrogen-bond donors (Lipinski definition) is 3. The minimum Gasteiger partial charge on any atom is -0.812 e. The van der Waals surface area contributed by atoms with Crippen LogP contribution >= 0.6 is 0 Å². The predicted octanol–water partition coefficient (Wildman–Crippen LogP) is 7.09. The zero-order valence-electron chi connectivity index (χ0n) is 59.5. The van der Waals surface area contributed by atoms with Crippen molar-refractivity contribution in [3.63, 3.8) is 0 Å². The van der Waals surface area contributed by atoms with Crippen LogP contribution in [0.3, 0.4) is 0 Å². The fourth-order valence-electron chi connectivity index (χ4n) is 10.4. The smallest absolute Gasteiger partial charge is 0.812 e. The van der Waals surface area contributed by atoms with Crippen molar-refractivity contribution < 1.29 is 138 Å². The van der Waals surface area contributed by atoms with E-state index in [0.29, 0.717) is 102 Å². The van der Waals surface area contributed by atoms with Crippen LogP contribution in [-0.4, -0.2) is 154 Å². The predicted molar refractivity (Wildman–Crippen MR) is 370 cm³/mol. The SMILES string of the molecule is CC(=O)CNCCCCCS(=O)(=O)CC(c1ccc(F)c(OCC2CC2)c1)C(C)C.CC(C)C(CS(=O)(=O)CCCCCN)c1ccc(F)c(OCC2CC2)c1.CC(C)C(CS(=O)(=O)CCCCCN1CC(=O)NC1=O)c1ccc(F)c(OCC2CC2)c1.CCOC(=O)C=O.N#C[O-].[K+]. The van der Waals surface area contributed by atoms with Gasteiger partial charge in [-0.15, -0.1) is 0 Å². The van der Waals surface area contributed by atoms with Crippen molar-refractivity contribution in [2.75, 3.05) is 93.7 Å². The number of halogens is 3. The number of carbonyl (C=O) groups is 5. The van der Waals surface area contributed by atoms with Gasteiger partial charge < -0.3 is 40.0 Å². The Labute approximate surface area is 629 Å². The molecule has 3 aliphatic carbocycles. The van der Waals surface area contributed by atoms with E-state index < -0.39 is 47.1 Å². The number of nitrogens with one attached hydrogen (secondary N) is 2. The van der Waals surface area contributed by atoms with Gasteiger partial charge in [0, 0.05) is 30.6 Å². The first-order valence-electron chi connectivity index (χ1n) is 34.4. The number of carbonyl (C=O) groups excluding carboxylic acids is 5. The molecule has 4 N–H and O–H groups in total. The number of benzene rings is 3. The summed E-state index contributed by atoms with van der Waals surface area (Å²) >= 11 is 0. The van der Waals surface area contributed by atoms with Gasteiger partial charge in [-0.05, 0) is 193 Å². The van der Waals surface area contributed by atoms with Gasteiger partial charge in [0.1, 0.15) is 12.3 Å². The van der Waals surface area contributed by atoms with Crippen molar-refractivity contribution in [3.8, 4) is 23.5 Å². The summed E-state index contributed by atoms with van der Waals surface area (Å²) in [5, 5.41) is 20.3. The molecule has 21 nitrogen and oxygen atoms in total. The van der Waals surface area contributed by atoms with Crippen LogP contribution in [0.2, 0.25) is 0 Å². The number of hydrogen-bond acceptors (Lipinski definition) is 19. The molecule has 0 aromatic heterocycles. The number of Topliss-reactive ketones (excluding diaryl/α,β-unsaturated/α-hetero) is 1. The molecule has 3 atom stereocenters. The summed E-state index contributed by atoms with van der Waals surface area (Å²) in [6.07, 6.45) is 13.7. The van der Waals surface area contributed by atoms with Gasteiger partial charge in [-0.25, -0.2) is 53.3 Å². The summed E-state index contributed by atoms with van der Waals surface area (Å²) in [6.45, 7) is 19.1. The summed E-state index contributed by atoms with van der Waals surface area (Å²) in [5.41, 5.74) is 7.88. The minimum atomic E-state index is -3.31. The average molecular weight is 1480 g/mol. The standard InChI is InChI=1S/C23H33FN2O5S.C23H36FNO4S.C20H32FNO3S.C4H6O3.CHNO.K/c1-16(2)19(18-8-9-20(24)21(12-18)31-14-17-6-7-17)15-32(29,30)11-5-3-4-10-26-13-22(27)25-23(26)28;1-17(2)21(16-30(27,28)12-6-4-5-11-25-14-18(3)26)20-9-10-22(24)23(13-20)29-15-19-7-8-19;1-15(2)18(14-26(23,24)11-5-3-4-10-22)17-8-9-19(21)20(12-17)25-13-16-6-7-16;1-2-7-4(6)3-5;2-1-3;/h8-9,12,16-17,19H,3-7,10-11,13-15H2,1-2H3,(H,25,27,28);9-10,13,17,19,21,25H,4-8,11-12,14-16H2,1-3H3;8-9,12,15-16,18H,3-7,10-11,13-14,22H2,1-2H3;3H,2H2,1H3;3H;/q;;;;;+1/p-1. The van der Waals surface area contributed by atoms with Crippen molar-refractivity contribution in [1.29, 1.82) is 5.26 Å². The van der Waals surface area contributed by atoms with E-state index >= 15 is 0 Å². The molecule has 0 bridgehead atoms. The molecular weight excluding hydrogens is 1370 g/mol. The van der Waals surface area contributed by atoms with Gasteiger partial charge in [0.25, 0.3) is 0 Å². The molecule has 3 aromatic rings. The Hall–Kier alpha value is -4.70. The Morgan fingerprint density at radius 2 is 0.990 bits per heavy atom. The Kier molecular flexibility index (Phi) is 43.4. The maximum absolute atomic E-state index is 14.1. The fourth-order valence-corrected chi connectivity index (χ4v) is 16.3. The van der Waals surface area contributed by atoms with Crippen LogP contribution in [0.5, 0.6) is 17.2 Å². The van der Waals surface area contributed by atoms with Gasteiger partial charge in [-0.1, -0.05) is 79.0 Å². The van der Waals surface area contributed by atoms with E-state index in [1.54, 1.807) is 43.3 Å². The van der Waals surface area contributed by atoms with Crippen LogP contribution in [-0.2, 0) is 53.4 Å². The Balaban J connectivity index is 0.000000471. The first-order valence-corrected chi connectivity index (χ1v) is 39.8. The Morgan fingerprint density at radius 3 is 1.27 bits per heavy atom. The van der Waals surface area contributed by atoms with E-state index in [4.69, 9.17) is 30.3 Å². The largest absolute Gasteiger partial charge is 1.00 e. The molecule has 3 amide bonds. The van der Waals surface area contributed by atoms with E-state index in [-0.39, 0.29) is 182 Å². The number of esters is 1. The second-order valence-electron chi connectivity index (χ2n) is 26.8. The number of sulfone groups is 3. The third-order valence-electron chi connectivity index (χ3n) is 16.9. The Bertz CT molecular complexity index is 3350. The maximum atomic E-state index is 14.1. The Morgan fingerprint density at radius 1 is 0.636 bits per heavy atom. The number of urea groups is 1. The van der Waals surface area contributed by atoms with Crippen LogP contribution in [0.4, 0.5) is 18.0 Å². The average Bonchev–Trinajstić information content (AvgIpc) is 1.73. The summed E-state index contributed by atoms with van der Waals surface area (Å²) in [4.78, 5) is 54.3. The quantitative estimate of drug-likeness (QED) is 0.00969. The molecule has 99 heavy (non-hydrogen) atoms. The van der Waals surface area contributed by atoms with E-state index in [2.05, 4.69) is 15.4 Å². The number of unbranched alkanes of at least 4 members (excludes halogenated alkanes) is 6. The molecule has 3 aromatic carbocycles. The van der Waals surface area contributed by atoms with Gasteiger partial charge in [0.2, 0.25) is 12.2 Å². The molecule has 4 fully saturated rings. The van der Waals surface area contributed by atoms with Crippen LogP contribution in [0.15, 0.2) is 54.6 Å². The fraction of sp³-hybridized carbons (Fsp3) is 0.662. The number of amides is 3. The number of ketones is 1. The van der Waals surface area contributed by atoms with E-state index in [0.717, 1.165) is 80.9 Å². The summed E-state index contributed by atoms with van der Waals surface area (Å²) in [7, 11) is -9.71. The van der Waals surface area contributed by atoms with Gasteiger partial charge in [-0.3, -0.25) is 19.7 Å². The molecule has 0 spiro atoms. The number of aldehydes is 1. The van der Waals surface area contributed by atoms with Gasteiger partial charge in [0.15, 0.2) is 64.2 Å². The molecule has 1 saturated heterocycles. The van der Waals surface area contributed by atoms with Crippen LogP contribution in [0.1, 0.15) is 186 Å². The first-order chi connectivity index (χ1) is 46.4. The number of imide groups is 1. The molecule has 0 radical (unpaired) electrons. The normalized spacial score (nSPS) is 15.2. The molecule has 3 saturated carbocycles. The molecular formula is C71H107F3KN5O16S3. The van der Waals surface area contributed by atoms with Crippen LogP contribution < -0.4 is 87.1 Å². The third kappa shape index (κ3) is 39.0. The second-order valence-corrected chi connectivity index (χ2v) is 33.5. The summed E-state index contributed by atoms with van der Waals surface area (Å²) in [5.74, 6) is 0.221. The van der Waals surface area contributed by atoms with Crippen LogP contribution in [0.25, 0.3) is 0 Å². The van der Waals surface area contributed by atoms with Gasteiger partial charge in [0.05, 0.1) is 67.5 Å². The van der Waals surface area contributed by atoms with Crippen molar-refractivity contribution in [1.82, 2.24) is 15.5 Å². The number of nitriles is 1. The van der Waals surface area contributed by atoms with Gasteiger partial charge in [-0.2, -0.15) is 0 Å². The number of nitrogens with two attached hydrogens (primary N) is 1. The number of nitrogens with zero attached hydrogens (tertiary/aromatic N) is 2. The van der Waals surface area contributed by atoms with Crippen molar-refractivity contribution in [2.24, 2.45) is 41.2 Å². The zero-order valence-corrected chi connectivity index (χ0v) is 65.1. The third-order valence-corrected chi connectivity index (χ3v) is 22.2. The van der Waals surface area contributed by atoms with E-state index in [1.807, 2.05) is 41.5 Å². The molecule has 552 valence electrons. The molecule has 1 aliphatic heterocycles. The maximum Gasteiger partial charge on any atom is 1.00 e. The van der Waals surface area contributed by atoms with Gasteiger partial charge >= 0.3 is 63.4 Å². The van der Waals surface area contributed by atoms with Crippen molar-refractivity contribution >= 4 is 59.5 Å². The molecule has 4 aliphatic rings. The second kappa shape index (κ2) is 47.5.